The summed E-state index contributed by atoms with van der Waals surface area (Å²) in [5.74, 6) is -0.977. The molecule has 0 radical (unpaired) electrons. The summed E-state index contributed by atoms with van der Waals surface area (Å²) < 4.78 is 0. The van der Waals surface area contributed by atoms with Gasteiger partial charge in [0.05, 0.1) is 0 Å². The summed E-state index contributed by atoms with van der Waals surface area (Å²) in [6.45, 7) is 3.25. The van der Waals surface area contributed by atoms with Gasteiger partial charge in [0.25, 0.3) is 0 Å². The average Bonchev–Trinajstić information content (AvgIpc) is 2.57. The van der Waals surface area contributed by atoms with Gasteiger partial charge in [-0.15, -0.1) is 0 Å². The Morgan fingerprint density at radius 2 is 1.64 bits per heavy atom. The summed E-state index contributed by atoms with van der Waals surface area (Å²) >= 11 is 0. The van der Waals surface area contributed by atoms with Crippen molar-refractivity contribution in [2.24, 2.45) is 5.73 Å². The Morgan fingerprint density at radius 3 is 2.28 bits per heavy atom. The molecular weight excluding hydrogens is 320 g/mol. The predicted octanol–water partition coefficient (Wildman–Crippen LogP) is 2.24. The number of carbonyl (C=O) groups is 3. The fourth-order valence-corrected chi connectivity index (χ4v) is 2.23. The van der Waals surface area contributed by atoms with Gasteiger partial charge in [-0.3, -0.25) is 9.59 Å². The summed E-state index contributed by atoms with van der Waals surface area (Å²) in [7, 11) is 0. The zero-order valence-electron chi connectivity index (χ0n) is 14.0. The minimum atomic E-state index is -0.777. The molecular formula is C18H20N4O3. The van der Waals surface area contributed by atoms with Crippen LogP contribution in [-0.2, 0) is 4.79 Å². The Hall–Kier alpha value is -3.35. The third kappa shape index (κ3) is 4.81. The molecule has 0 aliphatic carbocycles. The first-order valence-electron chi connectivity index (χ1n) is 7.71. The number of nitrogens with one attached hydrogen (secondary N) is 3. The number of benzene rings is 2. The van der Waals surface area contributed by atoms with Gasteiger partial charge in [-0.25, -0.2) is 4.79 Å². The minimum absolute atomic E-state index is 0.334. The lowest BCUT2D eigenvalue weighted by atomic mass is 10.1. The molecule has 1 atom stereocenters. The number of carbonyl (C=O) groups excluding carboxylic acids is 3. The zero-order chi connectivity index (χ0) is 18.4. The van der Waals surface area contributed by atoms with Crippen LogP contribution in [0.4, 0.5) is 16.2 Å². The van der Waals surface area contributed by atoms with Gasteiger partial charge < -0.3 is 21.7 Å². The molecule has 0 saturated heterocycles. The molecule has 130 valence electrons. The van der Waals surface area contributed by atoms with E-state index in [0.717, 1.165) is 0 Å². The fraction of sp³-hybridized carbons (Fsp3) is 0.167. The molecule has 25 heavy (non-hydrogen) atoms. The van der Waals surface area contributed by atoms with Crippen molar-refractivity contribution in [2.45, 2.75) is 19.9 Å². The third-order valence-corrected chi connectivity index (χ3v) is 3.63. The van der Waals surface area contributed by atoms with E-state index in [1.807, 2.05) is 6.07 Å². The number of nitrogens with two attached hydrogens (primary N) is 1. The molecule has 2 aromatic rings. The van der Waals surface area contributed by atoms with E-state index in [0.29, 0.717) is 22.5 Å². The molecule has 0 unspecified atom stereocenters. The zero-order valence-corrected chi connectivity index (χ0v) is 14.0. The standard InChI is InChI=1S/C18H20N4O3/c1-11-14(16(19)23)9-6-10-15(11)22-17(24)12(2)20-18(25)21-13-7-4-3-5-8-13/h3-10,12H,1-2H3,(H2,19,23)(H,22,24)(H2,20,21,25)/t12-/m1/s1. The maximum Gasteiger partial charge on any atom is 0.319 e. The number of para-hydroxylation sites is 1. The highest BCUT2D eigenvalue weighted by Crippen LogP contribution is 2.18. The van der Waals surface area contributed by atoms with E-state index in [9.17, 15) is 14.4 Å². The lowest BCUT2D eigenvalue weighted by Gasteiger charge is -2.16. The summed E-state index contributed by atoms with van der Waals surface area (Å²) in [6.07, 6.45) is 0. The molecule has 0 fully saturated rings. The normalized spacial score (nSPS) is 11.3. The molecule has 7 nitrogen and oxygen atoms in total. The highest BCUT2D eigenvalue weighted by molar-refractivity contribution is 6.01. The Bertz CT molecular complexity index is 790. The maximum atomic E-state index is 12.3. The number of rotatable bonds is 5. The van der Waals surface area contributed by atoms with Crippen LogP contribution in [0.2, 0.25) is 0 Å². The lowest BCUT2D eigenvalue weighted by Crippen LogP contribution is -2.43. The van der Waals surface area contributed by atoms with Crippen LogP contribution in [0.15, 0.2) is 48.5 Å². The molecule has 0 spiro atoms. The SMILES string of the molecule is Cc1c(NC(=O)[C@@H](C)NC(=O)Nc2ccccc2)cccc1C(N)=O. The summed E-state index contributed by atoms with van der Waals surface area (Å²) in [4.78, 5) is 35.5. The molecule has 0 heterocycles. The van der Waals surface area contributed by atoms with Gasteiger partial charge in [0, 0.05) is 16.9 Å². The monoisotopic (exact) mass is 340 g/mol. The van der Waals surface area contributed by atoms with Gasteiger partial charge in [-0.1, -0.05) is 24.3 Å². The van der Waals surface area contributed by atoms with Gasteiger partial charge in [0.2, 0.25) is 11.8 Å². The van der Waals surface area contributed by atoms with Crippen LogP contribution >= 0.6 is 0 Å². The number of amides is 4. The van der Waals surface area contributed by atoms with Crippen LogP contribution in [0, 0.1) is 6.92 Å². The van der Waals surface area contributed by atoms with Gasteiger partial charge in [0.15, 0.2) is 0 Å². The number of anilines is 2. The second-order valence-corrected chi connectivity index (χ2v) is 5.52. The van der Waals surface area contributed by atoms with E-state index in [4.69, 9.17) is 5.73 Å². The number of hydrogen-bond donors (Lipinski definition) is 4. The van der Waals surface area contributed by atoms with Crippen molar-refractivity contribution < 1.29 is 14.4 Å². The smallest absolute Gasteiger partial charge is 0.319 e. The molecule has 0 aliphatic rings. The fourth-order valence-electron chi connectivity index (χ4n) is 2.23. The van der Waals surface area contributed by atoms with Crippen LogP contribution < -0.4 is 21.7 Å². The van der Waals surface area contributed by atoms with Crippen molar-refractivity contribution >= 4 is 29.2 Å². The topological polar surface area (TPSA) is 113 Å². The molecule has 2 rings (SSSR count). The lowest BCUT2D eigenvalue weighted by molar-refractivity contribution is -0.117. The second-order valence-electron chi connectivity index (χ2n) is 5.52. The van der Waals surface area contributed by atoms with E-state index < -0.39 is 23.9 Å². The maximum absolute atomic E-state index is 12.3. The first-order valence-corrected chi connectivity index (χ1v) is 7.71. The molecule has 0 saturated carbocycles. The van der Waals surface area contributed by atoms with Crippen molar-refractivity contribution in [1.29, 1.82) is 0 Å². The quantitative estimate of drug-likeness (QED) is 0.669. The van der Waals surface area contributed by atoms with E-state index in [1.54, 1.807) is 56.3 Å². The van der Waals surface area contributed by atoms with Crippen LogP contribution in [0.25, 0.3) is 0 Å². The molecule has 0 aliphatic heterocycles. The van der Waals surface area contributed by atoms with Crippen molar-refractivity contribution in [1.82, 2.24) is 5.32 Å². The Labute approximate surface area is 145 Å². The van der Waals surface area contributed by atoms with Gasteiger partial charge in [-0.2, -0.15) is 0 Å². The van der Waals surface area contributed by atoms with E-state index >= 15 is 0 Å². The summed E-state index contributed by atoms with van der Waals surface area (Å²) in [6, 6.07) is 12.5. The van der Waals surface area contributed by atoms with Crippen LogP contribution in [0.1, 0.15) is 22.8 Å². The van der Waals surface area contributed by atoms with E-state index in [1.165, 1.54) is 0 Å². The van der Waals surface area contributed by atoms with Gasteiger partial charge in [-0.05, 0) is 43.7 Å². The van der Waals surface area contributed by atoms with Gasteiger partial charge in [0.1, 0.15) is 6.04 Å². The van der Waals surface area contributed by atoms with E-state index in [-0.39, 0.29) is 0 Å². The van der Waals surface area contributed by atoms with Gasteiger partial charge >= 0.3 is 6.03 Å². The molecule has 0 aromatic heterocycles. The average molecular weight is 340 g/mol. The second kappa shape index (κ2) is 7.96. The highest BCUT2D eigenvalue weighted by Gasteiger charge is 2.17. The van der Waals surface area contributed by atoms with E-state index in [2.05, 4.69) is 16.0 Å². The molecule has 4 amide bonds. The third-order valence-electron chi connectivity index (χ3n) is 3.63. The first kappa shape index (κ1) is 18.0. The molecule has 0 bridgehead atoms. The number of primary amides is 1. The minimum Gasteiger partial charge on any atom is -0.366 e. The largest absolute Gasteiger partial charge is 0.366 e. The van der Waals surface area contributed by atoms with Crippen LogP contribution in [0.3, 0.4) is 0 Å². The van der Waals surface area contributed by atoms with Crippen LogP contribution in [0.5, 0.6) is 0 Å². The Morgan fingerprint density at radius 1 is 0.960 bits per heavy atom. The van der Waals surface area contributed by atoms with Crippen LogP contribution in [-0.4, -0.2) is 23.9 Å². The van der Waals surface area contributed by atoms with Crippen molar-refractivity contribution in [3.05, 3.63) is 59.7 Å². The predicted molar refractivity (Wildman–Crippen MR) is 96.4 cm³/mol. The van der Waals surface area contributed by atoms with Crippen molar-refractivity contribution in [3.63, 3.8) is 0 Å². The molecule has 2 aromatic carbocycles. The van der Waals surface area contributed by atoms with Crippen molar-refractivity contribution in [2.75, 3.05) is 10.6 Å². The first-order chi connectivity index (χ1) is 11.9. The number of hydrogen-bond acceptors (Lipinski definition) is 3. The Balaban J connectivity index is 1.98. The van der Waals surface area contributed by atoms with Crippen molar-refractivity contribution in [3.8, 4) is 0 Å². The summed E-state index contributed by atoms with van der Waals surface area (Å²) in [5.41, 5.74) is 7.30. The Kier molecular flexibility index (Phi) is 5.73. The number of urea groups is 1. The summed E-state index contributed by atoms with van der Waals surface area (Å²) in [5, 5.41) is 7.87. The molecule has 7 heteroatoms. The highest BCUT2D eigenvalue weighted by atomic mass is 16.2. The molecule has 5 N–H and O–H groups in total.